The third-order valence-corrected chi connectivity index (χ3v) is 3.13. The van der Waals surface area contributed by atoms with Crippen LogP contribution in [0.15, 0.2) is 39.4 Å². The molecule has 0 radical (unpaired) electrons. The molecule has 90 valence electrons. The second-order valence-corrected chi connectivity index (χ2v) is 4.32. The molecule has 0 saturated carbocycles. The zero-order chi connectivity index (χ0) is 12.4. The van der Waals surface area contributed by atoms with Crippen molar-refractivity contribution in [3.8, 4) is 5.75 Å². The van der Waals surface area contributed by atoms with Crippen molar-refractivity contribution >= 4 is 15.9 Å². The number of ether oxygens (including phenoxy) is 1. The lowest BCUT2D eigenvalue weighted by atomic mass is 10.0. The maximum Gasteiger partial charge on any atom is 0.139 e. The molecule has 2 aromatic rings. The summed E-state index contributed by atoms with van der Waals surface area (Å²) >= 11 is 3.30. The highest BCUT2D eigenvalue weighted by atomic mass is 79.9. The van der Waals surface area contributed by atoms with E-state index in [9.17, 15) is 4.39 Å². The van der Waals surface area contributed by atoms with Gasteiger partial charge < -0.3 is 14.9 Å². The largest absolute Gasteiger partial charge is 0.496 e. The fourth-order valence-electron chi connectivity index (χ4n) is 1.66. The van der Waals surface area contributed by atoms with Crippen LogP contribution in [0, 0.1) is 5.82 Å². The Labute approximate surface area is 106 Å². The van der Waals surface area contributed by atoms with Crippen molar-refractivity contribution in [2.24, 2.45) is 5.73 Å². The van der Waals surface area contributed by atoms with E-state index in [0.29, 0.717) is 16.0 Å². The molecule has 0 fully saturated rings. The first-order valence-electron chi connectivity index (χ1n) is 4.96. The van der Waals surface area contributed by atoms with Crippen molar-refractivity contribution in [3.05, 3.63) is 52.1 Å². The van der Waals surface area contributed by atoms with Crippen LogP contribution in [0.4, 0.5) is 4.39 Å². The molecule has 0 aliphatic carbocycles. The standard InChI is InChI=1S/C12H11BrFNO2/c1-16-9-4-2-3-8(14)10(9)11(15)12-7(13)5-6-17-12/h2-6,11H,15H2,1H3. The van der Waals surface area contributed by atoms with Crippen molar-refractivity contribution in [1.82, 2.24) is 0 Å². The van der Waals surface area contributed by atoms with E-state index in [4.69, 9.17) is 14.9 Å². The number of methoxy groups -OCH3 is 1. The van der Waals surface area contributed by atoms with Gasteiger partial charge in [-0.2, -0.15) is 0 Å². The van der Waals surface area contributed by atoms with Crippen molar-refractivity contribution in [1.29, 1.82) is 0 Å². The number of furan rings is 1. The molecule has 17 heavy (non-hydrogen) atoms. The van der Waals surface area contributed by atoms with E-state index in [1.54, 1.807) is 18.2 Å². The minimum atomic E-state index is -0.712. The summed E-state index contributed by atoms with van der Waals surface area (Å²) in [6, 6.07) is 5.57. The van der Waals surface area contributed by atoms with Crippen LogP contribution in [0.3, 0.4) is 0 Å². The zero-order valence-electron chi connectivity index (χ0n) is 9.11. The predicted molar refractivity (Wildman–Crippen MR) is 65.4 cm³/mol. The Bertz CT molecular complexity index is 527. The summed E-state index contributed by atoms with van der Waals surface area (Å²) in [5.74, 6) is 0.453. The highest BCUT2D eigenvalue weighted by Gasteiger charge is 2.22. The van der Waals surface area contributed by atoms with Crippen LogP contribution < -0.4 is 10.5 Å². The fourth-order valence-corrected chi connectivity index (χ4v) is 2.10. The van der Waals surface area contributed by atoms with Gasteiger partial charge in [-0.3, -0.25) is 0 Å². The van der Waals surface area contributed by atoms with Crippen LogP contribution in [0.1, 0.15) is 17.4 Å². The highest BCUT2D eigenvalue weighted by molar-refractivity contribution is 9.10. The summed E-state index contributed by atoms with van der Waals surface area (Å²) in [6.07, 6.45) is 1.49. The smallest absolute Gasteiger partial charge is 0.139 e. The number of nitrogens with two attached hydrogens (primary N) is 1. The van der Waals surface area contributed by atoms with Gasteiger partial charge in [-0.25, -0.2) is 4.39 Å². The van der Waals surface area contributed by atoms with Crippen LogP contribution in [-0.4, -0.2) is 7.11 Å². The van der Waals surface area contributed by atoms with Crippen molar-refractivity contribution in [3.63, 3.8) is 0 Å². The average molecular weight is 300 g/mol. The van der Waals surface area contributed by atoms with Crippen molar-refractivity contribution in [2.45, 2.75) is 6.04 Å². The van der Waals surface area contributed by atoms with Gasteiger partial charge >= 0.3 is 0 Å². The average Bonchev–Trinajstić information content (AvgIpc) is 2.74. The topological polar surface area (TPSA) is 48.4 Å². The molecule has 1 aromatic heterocycles. The third-order valence-electron chi connectivity index (χ3n) is 2.47. The Hall–Kier alpha value is -1.33. The zero-order valence-corrected chi connectivity index (χ0v) is 10.7. The van der Waals surface area contributed by atoms with Crippen molar-refractivity contribution < 1.29 is 13.5 Å². The lowest BCUT2D eigenvalue weighted by molar-refractivity contribution is 0.395. The van der Waals surface area contributed by atoms with Gasteiger partial charge in [0.05, 0.1) is 29.5 Å². The molecular formula is C12H11BrFNO2. The molecule has 2 rings (SSSR count). The van der Waals surface area contributed by atoms with Gasteiger partial charge in [0.2, 0.25) is 0 Å². The van der Waals surface area contributed by atoms with Gasteiger partial charge in [-0.1, -0.05) is 6.07 Å². The molecule has 1 atom stereocenters. The summed E-state index contributed by atoms with van der Waals surface area (Å²) in [7, 11) is 1.47. The molecule has 1 heterocycles. The molecule has 0 aliphatic heterocycles. The van der Waals surface area contributed by atoms with Gasteiger partial charge in [0, 0.05) is 0 Å². The first-order chi connectivity index (χ1) is 8.15. The van der Waals surface area contributed by atoms with E-state index >= 15 is 0 Å². The monoisotopic (exact) mass is 299 g/mol. The third kappa shape index (κ3) is 2.21. The normalized spacial score (nSPS) is 12.5. The van der Waals surface area contributed by atoms with Gasteiger partial charge in [-0.15, -0.1) is 0 Å². The van der Waals surface area contributed by atoms with E-state index in [2.05, 4.69) is 15.9 Å². The number of hydrogen-bond donors (Lipinski definition) is 1. The van der Waals surface area contributed by atoms with Gasteiger partial charge in [0.1, 0.15) is 17.3 Å². The van der Waals surface area contributed by atoms with Gasteiger partial charge in [-0.05, 0) is 34.1 Å². The van der Waals surface area contributed by atoms with Crippen LogP contribution in [0.5, 0.6) is 5.75 Å². The van der Waals surface area contributed by atoms with Gasteiger partial charge in [0.15, 0.2) is 0 Å². The Kier molecular flexibility index (Phi) is 3.49. The molecule has 1 aromatic carbocycles. The molecule has 0 bridgehead atoms. The maximum atomic E-state index is 13.8. The first-order valence-corrected chi connectivity index (χ1v) is 5.75. The summed E-state index contributed by atoms with van der Waals surface area (Å²) in [5.41, 5.74) is 6.28. The van der Waals surface area contributed by atoms with E-state index in [-0.39, 0.29) is 5.56 Å². The Morgan fingerprint density at radius 1 is 1.41 bits per heavy atom. The maximum absolute atomic E-state index is 13.8. The number of hydrogen-bond acceptors (Lipinski definition) is 3. The Balaban J connectivity index is 2.50. The minimum absolute atomic E-state index is 0.283. The van der Waals surface area contributed by atoms with E-state index in [0.717, 1.165) is 0 Å². The molecule has 0 aliphatic rings. The molecule has 0 spiro atoms. The Morgan fingerprint density at radius 2 is 2.18 bits per heavy atom. The summed E-state index contributed by atoms with van der Waals surface area (Å²) in [6.45, 7) is 0. The quantitative estimate of drug-likeness (QED) is 0.946. The Morgan fingerprint density at radius 3 is 2.76 bits per heavy atom. The SMILES string of the molecule is COc1cccc(F)c1C(N)c1occc1Br. The summed E-state index contributed by atoms with van der Waals surface area (Å²) in [4.78, 5) is 0. The number of halogens is 2. The molecule has 5 heteroatoms. The minimum Gasteiger partial charge on any atom is -0.496 e. The first kappa shape index (κ1) is 12.1. The van der Waals surface area contributed by atoms with E-state index in [1.807, 2.05) is 0 Å². The predicted octanol–water partition coefficient (Wildman–Crippen LogP) is 3.24. The second kappa shape index (κ2) is 4.89. The molecule has 1 unspecified atom stereocenters. The van der Waals surface area contributed by atoms with Gasteiger partial charge in [0.25, 0.3) is 0 Å². The number of benzene rings is 1. The lowest BCUT2D eigenvalue weighted by Gasteiger charge is -2.15. The molecule has 2 N–H and O–H groups in total. The number of rotatable bonds is 3. The summed E-state index contributed by atoms with van der Waals surface area (Å²) < 4.78 is 24.8. The van der Waals surface area contributed by atoms with E-state index < -0.39 is 11.9 Å². The van der Waals surface area contributed by atoms with Crippen LogP contribution in [-0.2, 0) is 0 Å². The second-order valence-electron chi connectivity index (χ2n) is 3.47. The fraction of sp³-hybridized carbons (Fsp3) is 0.167. The van der Waals surface area contributed by atoms with Crippen molar-refractivity contribution in [2.75, 3.05) is 7.11 Å². The van der Waals surface area contributed by atoms with Crippen LogP contribution in [0.25, 0.3) is 0 Å². The lowest BCUT2D eigenvalue weighted by Crippen LogP contribution is -2.14. The molecule has 0 amide bonds. The van der Waals surface area contributed by atoms with E-state index in [1.165, 1.54) is 19.4 Å². The van der Waals surface area contributed by atoms with Crippen LogP contribution >= 0.6 is 15.9 Å². The van der Waals surface area contributed by atoms with Crippen LogP contribution in [0.2, 0.25) is 0 Å². The molecule has 3 nitrogen and oxygen atoms in total. The summed E-state index contributed by atoms with van der Waals surface area (Å²) in [5, 5.41) is 0. The molecular weight excluding hydrogens is 289 g/mol. The highest BCUT2D eigenvalue weighted by Crippen LogP contribution is 2.34. The molecule has 0 saturated heterocycles.